The smallest absolute Gasteiger partial charge is 0.400 e. The van der Waals surface area contributed by atoms with Gasteiger partial charge >= 0.3 is 11.9 Å². The van der Waals surface area contributed by atoms with Crippen molar-refractivity contribution >= 4 is 23.1 Å². The second kappa shape index (κ2) is 5.31. The maximum Gasteiger partial charge on any atom is 0.400 e. The summed E-state index contributed by atoms with van der Waals surface area (Å²) in [6, 6.07) is 0. The highest BCUT2D eigenvalue weighted by Crippen LogP contribution is 2.20. The summed E-state index contributed by atoms with van der Waals surface area (Å²) in [5, 5.41) is 2.18. The number of ether oxygens (including phenoxy) is 1. The molecule has 0 aliphatic rings. The highest BCUT2D eigenvalue weighted by atomic mass is 32.1. The number of halogens is 2. The molecule has 1 rings (SSSR count). The van der Waals surface area contributed by atoms with Gasteiger partial charge in [-0.05, 0) is 13.8 Å². The zero-order valence-corrected chi connectivity index (χ0v) is 10.1. The fourth-order valence-corrected chi connectivity index (χ4v) is 1.71. The number of esters is 1. The third-order valence-corrected chi connectivity index (χ3v) is 2.71. The first-order valence-electron chi connectivity index (χ1n) is 4.87. The largest absolute Gasteiger partial charge is 0.461 e. The molecule has 4 nitrogen and oxygen atoms in total. The van der Waals surface area contributed by atoms with E-state index in [-0.39, 0.29) is 12.3 Å². The summed E-state index contributed by atoms with van der Waals surface area (Å²) in [7, 11) is 0. The molecule has 0 aromatic carbocycles. The Morgan fingerprint density at radius 1 is 1.53 bits per heavy atom. The highest BCUT2D eigenvalue weighted by Gasteiger charge is 2.48. The number of hydrogen-bond donors (Lipinski definition) is 0. The van der Waals surface area contributed by atoms with E-state index in [4.69, 9.17) is 0 Å². The van der Waals surface area contributed by atoms with Crippen molar-refractivity contribution in [1.82, 2.24) is 4.98 Å². The zero-order chi connectivity index (χ0) is 13.1. The van der Waals surface area contributed by atoms with Crippen molar-refractivity contribution in [3.63, 3.8) is 0 Å². The van der Waals surface area contributed by atoms with E-state index in [0.29, 0.717) is 5.01 Å². The molecule has 1 aromatic heterocycles. The van der Waals surface area contributed by atoms with E-state index in [9.17, 15) is 18.4 Å². The van der Waals surface area contributed by atoms with Crippen LogP contribution < -0.4 is 0 Å². The summed E-state index contributed by atoms with van der Waals surface area (Å²) in [5.74, 6) is -7.41. The Morgan fingerprint density at radius 2 is 2.18 bits per heavy atom. The lowest BCUT2D eigenvalue weighted by Crippen LogP contribution is -2.40. The Balaban J connectivity index is 2.72. The summed E-state index contributed by atoms with van der Waals surface area (Å²) in [5.41, 5.74) is 0.237. The molecule has 0 saturated heterocycles. The SMILES string of the molecule is CCOC(=O)C(F)(F)C(=O)Cc1csc(C)n1. The van der Waals surface area contributed by atoms with Crippen molar-refractivity contribution in [2.45, 2.75) is 26.2 Å². The lowest BCUT2D eigenvalue weighted by atomic mass is 10.1. The van der Waals surface area contributed by atoms with E-state index >= 15 is 0 Å². The zero-order valence-electron chi connectivity index (χ0n) is 9.33. The van der Waals surface area contributed by atoms with Gasteiger partial charge in [0, 0.05) is 5.38 Å². The van der Waals surface area contributed by atoms with Crippen LogP contribution in [0.15, 0.2) is 5.38 Å². The van der Waals surface area contributed by atoms with Gasteiger partial charge in [0.05, 0.1) is 23.7 Å². The first kappa shape index (κ1) is 13.7. The Hall–Kier alpha value is -1.37. The molecule has 7 heteroatoms. The number of thiazole rings is 1. The van der Waals surface area contributed by atoms with E-state index in [1.165, 1.54) is 23.6 Å². The number of Topliss-reactive ketones (excluding diaryl/α,β-unsaturated/α-hetero) is 1. The van der Waals surface area contributed by atoms with Gasteiger partial charge in [-0.1, -0.05) is 0 Å². The van der Waals surface area contributed by atoms with Crippen molar-refractivity contribution in [2.24, 2.45) is 0 Å². The third-order valence-electron chi connectivity index (χ3n) is 1.89. The molecule has 0 N–H and O–H groups in total. The Bertz CT molecular complexity index is 431. The molecule has 0 aliphatic carbocycles. The number of carbonyl (C=O) groups is 2. The number of alkyl halides is 2. The molecular formula is C10H11F2NO3S. The predicted octanol–water partition coefficient (Wildman–Crippen LogP) is 1.76. The van der Waals surface area contributed by atoms with Crippen LogP contribution in [0.1, 0.15) is 17.6 Å². The minimum Gasteiger partial charge on any atom is -0.461 e. The standard InChI is InChI=1S/C10H11F2NO3S/c1-3-16-9(15)10(11,12)8(14)4-7-5-17-6(2)13-7/h5H,3-4H2,1-2H3. The molecule has 0 fully saturated rings. The molecule has 0 saturated carbocycles. The Morgan fingerprint density at radius 3 is 2.65 bits per heavy atom. The average Bonchev–Trinajstić information content (AvgIpc) is 2.64. The van der Waals surface area contributed by atoms with Crippen molar-refractivity contribution in [2.75, 3.05) is 6.61 Å². The fraction of sp³-hybridized carbons (Fsp3) is 0.500. The van der Waals surface area contributed by atoms with Gasteiger partial charge in [0.25, 0.3) is 0 Å². The number of aryl methyl sites for hydroxylation is 1. The van der Waals surface area contributed by atoms with Crippen LogP contribution >= 0.6 is 11.3 Å². The molecule has 17 heavy (non-hydrogen) atoms. The van der Waals surface area contributed by atoms with Gasteiger partial charge in [-0.25, -0.2) is 9.78 Å². The molecule has 0 amide bonds. The van der Waals surface area contributed by atoms with Crippen molar-refractivity contribution in [1.29, 1.82) is 0 Å². The number of ketones is 1. The number of aromatic nitrogens is 1. The van der Waals surface area contributed by atoms with Crippen molar-refractivity contribution in [3.8, 4) is 0 Å². The summed E-state index contributed by atoms with van der Waals surface area (Å²) >= 11 is 1.25. The Labute approximate surface area is 101 Å². The van der Waals surface area contributed by atoms with Gasteiger partial charge in [0.1, 0.15) is 0 Å². The quantitative estimate of drug-likeness (QED) is 0.600. The lowest BCUT2D eigenvalue weighted by Gasteiger charge is -2.12. The van der Waals surface area contributed by atoms with Gasteiger partial charge in [0.15, 0.2) is 0 Å². The number of nitrogens with zero attached hydrogens (tertiary/aromatic N) is 1. The molecule has 94 valence electrons. The van der Waals surface area contributed by atoms with Crippen LogP contribution in [0.2, 0.25) is 0 Å². The maximum atomic E-state index is 13.2. The van der Waals surface area contributed by atoms with Crippen LogP contribution in [0.3, 0.4) is 0 Å². The van der Waals surface area contributed by atoms with Crippen molar-refractivity contribution in [3.05, 3.63) is 16.1 Å². The highest BCUT2D eigenvalue weighted by molar-refractivity contribution is 7.09. The van der Waals surface area contributed by atoms with Crippen LogP contribution in [-0.4, -0.2) is 29.3 Å². The second-order valence-corrected chi connectivity index (χ2v) is 4.31. The van der Waals surface area contributed by atoms with Crippen LogP contribution in [0, 0.1) is 6.92 Å². The molecule has 1 heterocycles. The summed E-state index contributed by atoms with van der Waals surface area (Å²) in [4.78, 5) is 26.0. The molecule has 0 atom stereocenters. The molecule has 0 radical (unpaired) electrons. The molecule has 0 aliphatic heterocycles. The van der Waals surface area contributed by atoms with Crippen LogP contribution in [-0.2, 0) is 20.7 Å². The van der Waals surface area contributed by atoms with Gasteiger partial charge in [-0.2, -0.15) is 8.78 Å². The van der Waals surface area contributed by atoms with E-state index < -0.39 is 24.1 Å². The van der Waals surface area contributed by atoms with Gasteiger partial charge in [-0.3, -0.25) is 4.79 Å². The lowest BCUT2D eigenvalue weighted by molar-refractivity contribution is -0.176. The fourth-order valence-electron chi connectivity index (χ4n) is 1.10. The molecule has 0 bridgehead atoms. The van der Waals surface area contributed by atoms with E-state index in [0.717, 1.165) is 0 Å². The number of rotatable bonds is 5. The second-order valence-electron chi connectivity index (χ2n) is 3.25. The minimum atomic E-state index is -4.10. The third kappa shape index (κ3) is 3.29. The molecule has 0 unspecified atom stereocenters. The van der Waals surface area contributed by atoms with Crippen LogP contribution in [0.5, 0.6) is 0 Å². The van der Waals surface area contributed by atoms with Crippen LogP contribution in [0.25, 0.3) is 0 Å². The van der Waals surface area contributed by atoms with E-state index in [1.807, 2.05) is 0 Å². The number of hydrogen-bond acceptors (Lipinski definition) is 5. The first-order chi connectivity index (χ1) is 7.87. The molecular weight excluding hydrogens is 252 g/mol. The topological polar surface area (TPSA) is 56.3 Å². The minimum absolute atomic E-state index is 0.197. The van der Waals surface area contributed by atoms with Gasteiger partial charge in [-0.15, -0.1) is 11.3 Å². The molecule has 0 spiro atoms. The maximum absolute atomic E-state index is 13.2. The van der Waals surface area contributed by atoms with Crippen molar-refractivity contribution < 1.29 is 23.1 Å². The van der Waals surface area contributed by atoms with E-state index in [1.54, 1.807) is 6.92 Å². The molecule has 1 aromatic rings. The summed E-state index contributed by atoms with van der Waals surface area (Å²) < 4.78 is 30.6. The summed E-state index contributed by atoms with van der Waals surface area (Å²) in [6.45, 7) is 2.89. The average molecular weight is 263 g/mol. The van der Waals surface area contributed by atoms with Crippen LogP contribution in [0.4, 0.5) is 8.78 Å². The normalized spacial score (nSPS) is 11.3. The Kier molecular flexibility index (Phi) is 4.28. The van der Waals surface area contributed by atoms with E-state index in [2.05, 4.69) is 9.72 Å². The van der Waals surface area contributed by atoms with Gasteiger partial charge in [0.2, 0.25) is 5.78 Å². The first-order valence-corrected chi connectivity index (χ1v) is 5.75. The monoisotopic (exact) mass is 263 g/mol. The summed E-state index contributed by atoms with van der Waals surface area (Å²) in [6.07, 6.45) is -0.573. The van der Waals surface area contributed by atoms with Gasteiger partial charge < -0.3 is 4.74 Å². The number of carbonyl (C=O) groups excluding carboxylic acids is 2. The predicted molar refractivity (Wildman–Crippen MR) is 57.1 cm³/mol.